The Morgan fingerprint density at radius 1 is 0.889 bits per heavy atom. The van der Waals surface area contributed by atoms with E-state index in [0.717, 1.165) is 64.1 Å². The smallest absolute Gasteiger partial charge is 0.151 e. The maximum Gasteiger partial charge on any atom is 0.151 e. The minimum atomic E-state index is 0.779. The van der Waals surface area contributed by atoms with Gasteiger partial charge < -0.3 is 19.9 Å². The largest absolute Gasteiger partial charge is 0.378 e. The van der Waals surface area contributed by atoms with Crippen molar-refractivity contribution in [1.82, 2.24) is 15.5 Å². The molecule has 0 bridgehead atoms. The third-order valence-corrected chi connectivity index (χ3v) is 3.41. The highest BCUT2D eigenvalue weighted by atomic mass is 16.5. The second-order valence-corrected chi connectivity index (χ2v) is 4.59. The molecule has 0 saturated carbocycles. The average molecular weight is 249 g/mol. The van der Waals surface area contributed by atoms with Crippen LogP contribution >= 0.6 is 0 Å². The molecule has 0 amide bonds. The number of nitrogens with zero attached hydrogens (tertiary/aromatic N) is 4. The summed E-state index contributed by atoms with van der Waals surface area (Å²) >= 11 is 0. The Labute approximate surface area is 107 Å². The summed E-state index contributed by atoms with van der Waals surface area (Å²) in [6.07, 6.45) is 0. The Kier molecular flexibility index (Phi) is 3.56. The quantitative estimate of drug-likeness (QED) is 0.778. The molecule has 98 valence electrons. The molecule has 1 aromatic rings. The van der Waals surface area contributed by atoms with Crippen LogP contribution in [0, 0.1) is 0 Å². The SMILES string of the molecule is c1cc(N2CCOCC2)nnc1N1CCNCC1. The Morgan fingerprint density at radius 3 is 2.00 bits per heavy atom. The minimum Gasteiger partial charge on any atom is -0.378 e. The van der Waals surface area contributed by atoms with Gasteiger partial charge in [0.05, 0.1) is 13.2 Å². The fraction of sp³-hybridized carbons (Fsp3) is 0.667. The van der Waals surface area contributed by atoms with E-state index >= 15 is 0 Å². The monoisotopic (exact) mass is 249 g/mol. The fourth-order valence-electron chi connectivity index (χ4n) is 2.34. The van der Waals surface area contributed by atoms with E-state index in [9.17, 15) is 0 Å². The fourth-order valence-corrected chi connectivity index (χ4v) is 2.34. The van der Waals surface area contributed by atoms with E-state index in [4.69, 9.17) is 4.74 Å². The van der Waals surface area contributed by atoms with Crippen LogP contribution in [0.3, 0.4) is 0 Å². The first-order valence-electron chi connectivity index (χ1n) is 6.55. The van der Waals surface area contributed by atoms with Crippen LogP contribution in [0.5, 0.6) is 0 Å². The summed E-state index contributed by atoms with van der Waals surface area (Å²) in [6.45, 7) is 7.42. The molecule has 0 spiro atoms. The van der Waals surface area contributed by atoms with E-state index in [0.29, 0.717) is 0 Å². The number of hydrogen-bond donors (Lipinski definition) is 1. The molecule has 3 rings (SSSR count). The van der Waals surface area contributed by atoms with Crippen LogP contribution in [-0.4, -0.2) is 62.7 Å². The van der Waals surface area contributed by atoms with Crippen LogP contribution in [-0.2, 0) is 4.74 Å². The molecule has 2 aliphatic heterocycles. The van der Waals surface area contributed by atoms with E-state index in [1.54, 1.807) is 0 Å². The molecule has 0 aromatic carbocycles. The van der Waals surface area contributed by atoms with Gasteiger partial charge in [-0.1, -0.05) is 0 Å². The van der Waals surface area contributed by atoms with E-state index in [1.165, 1.54) is 0 Å². The number of hydrogen-bond acceptors (Lipinski definition) is 6. The molecular formula is C12H19N5O. The molecule has 1 N–H and O–H groups in total. The van der Waals surface area contributed by atoms with Crippen LogP contribution in [0.1, 0.15) is 0 Å². The summed E-state index contributed by atoms with van der Waals surface area (Å²) in [6, 6.07) is 4.14. The molecule has 2 fully saturated rings. The maximum absolute atomic E-state index is 5.34. The van der Waals surface area contributed by atoms with Gasteiger partial charge in [0.1, 0.15) is 0 Å². The average Bonchev–Trinajstić information content (AvgIpc) is 2.49. The summed E-state index contributed by atoms with van der Waals surface area (Å²) in [4.78, 5) is 4.49. The molecule has 18 heavy (non-hydrogen) atoms. The van der Waals surface area contributed by atoms with Crippen molar-refractivity contribution in [3.05, 3.63) is 12.1 Å². The summed E-state index contributed by atoms with van der Waals surface area (Å²) in [5.41, 5.74) is 0. The Balaban J connectivity index is 1.67. The topological polar surface area (TPSA) is 53.5 Å². The zero-order chi connectivity index (χ0) is 12.2. The highest BCUT2D eigenvalue weighted by Crippen LogP contribution is 2.16. The Bertz CT molecular complexity index is 334. The summed E-state index contributed by atoms with van der Waals surface area (Å²) < 4.78 is 5.34. The zero-order valence-corrected chi connectivity index (χ0v) is 10.5. The van der Waals surface area contributed by atoms with Crippen molar-refractivity contribution in [2.45, 2.75) is 0 Å². The lowest BCUT2D eigenvalue weighted by molar-refractivity contribution is 0.122. The van der Waals surface area contributed by atoms with Crippen molar-refractivity contribution < 1.29 is 4.74 Å². The number of anilines is 2. The van der Waals surface area contributed by atoms with Gasteiger partial charge in [0, 0.05) is 39.3 Å². The molecule has 0 unspecified atom stereocenters. The zero-order valence-electron chi connectivity index (χ0n) is 10.5. The van der Waals surface area contributed by atoms with Crippen molar-refractivity contribution >= 4 is 11.6 Å². The summed E-state index contributed by atoms with van der Waals surface area (Å²) in [5.74, 6) is 1.94. The van der Waals surface area contributed by atoms with Gasteiger partial charge in [-0.15, -0.1) is 10.2 Å². The van der Waals surface area contributed by atoms with Crippen LogP contribution in [0.15, 0.2) is 12.1 Å². The number of aromatic nitrogens is 2. The first-order chi connectivity index (χ1) is 8.93. The predicted octanol–water partition coefficient (Wildman–Crippen LogP) is -0.277. The number of piperazine rings is 1. The predicted molar refractivity (Wildman–Crippen MR) is 70.1 cm³/mol. The molecule has 2 saturated heterocycles. The van der Waals surface area contributed by atoms with Crippen LogP contribution in [0.4, 0.5) is 11.6 Å². The second-order valence-electron chi connectivity index (χ2n) is 4.59. The third-order valence-electron chi connectivity index (χ3n) is 3.41. The Morgan fingerprint density at radius 2 is 1.44 bits per heavy atom. The highest BCUT2D eigenvalue weighted by Gasteiger charge is 2.15. The molecule has 6 nitrogen and oxygen atoms in total. The van der Waals surface area contributed by atoms with Crippen molar-refractivity contribution in [3.8, 4) is 0 Å². The molecule has 2 aliphatic rings. The Hall–Kier alpha value is -1.40. The normalized spacial score (nSPS) is 21.1. The van der Waals surface area contributed by atoms with E-state index in [2.05, 4.69) is 37.4 Å². The molecular weight excluding hydrogens is 230 g/mol. The van der Waals surface area contributed by atoms with Gasteiger partial charge >= 0.3 is 0 Å². The van der Waals surface area contributed by atoms with Gasteiger partial charge in [0.2, 0.25) is 0 Å². The lowest BCUT2D eigenvalue weighted by atomic mass is 10.3. The molecule has 6 heteroatoms. The van der Waals surface area contributed by atoms with Crippen molar-refractivity contribution in [3.63, 3.8) is 0 Å². The summed E-state index contributed by atoms with van der Waals surface area (Å²) in [5, 5.41) is 12.0. The highest BCUT2D eigenvalue weighted by molar-refractivity contribution is 5.45. The number of nitrogens with one attached hydrogen (secondary N) is 1. The molecule has 0 atom stereocenters. The lowest BCUT2D eigenvalue weighted by Gasteiger charge is -2.29. The first kappa shape index (κ1) is 11.7. The van der Waals surface area contributed by atoms with Gasteiger partial charge in [-0.05, 0) is 12.1 Å². The van der Waals surface area contributed by atoms with Gasteiger partial charge in [-0.25, -0.2) is 0 Å². The van der Waals surface area contributed by atoms with Crippen molar-refractivity contribution in [2.24, 2.45) is 0 Å². The van der Waals surface area contributed by atoms with Gasteiger partial charge in [-0.3, -0.25) is 0 Å². The maximum atomic E-state index is 5.34. The van der Waals surface area contributed by atoms with Gasteiger partial charge in [0.25, 0.3) is 0 Å². The minimum absolute atomic E-state index is 0.779. The number of ether oxygens (including phenoxy) is 1. The number of rotatable bonds is 2. The van der Waals surface area contributed by atoms with Crippen LogP contribution in [0.2, 0.25) is 0 Å². The summed E-state index contributed by atoms with van der Waals surface area (Å²) in [7, 11) is 0. The molecule has 1 aromatic heterocycles. The van der Waals surface area contributed by atoms with E-state index in [-0.39, 0.29) is 0 Å². The standard InChI is InChI=1S/C12H19N5O/c1-2-12(17-7-9-18-10-8-17)15-14-11(1)16-5-3-13-4-6-16/h1-2,13H,3-10H2. The van der Waals surface area contributed by atoms with Crippen molar-refractivity contribution in [1.29, 1.82) is 0 Å². The first-order valence-corrected chi connectivity index (χ1v) is 6.55. The van der Waals surface area contributed by atoms with E-state index in [1.807, 2.05) is 0 Å². The number of morpholine rings is 1. The van der Waals surface area contributed by atoms with E-state index < -0.39 is 0 Å². The van der Waals surface area contributed by atoms with Gasteiger partial charge in [0.15, 0.2) is 11.6 Å². The molecule has 0 radical (unpaired) electrons. The van der Waals surface area contributed by atoms with Gasteiger partial charge in [-0.2, -0.15) is 0 Å². The molecule has 0 aliphatic carbocycles. The van der Waals surface area contributed by atoms with Crippen LogP contribution in [0.25, 0.3) is 0 Å². The lowest BCUT2D eigenvalue weighted by Crippen LogP contribution is -2.44. The third kappa shape index (κ3) is 2.54. The van der Waals surface area contributed by atoms with Crippen LogP contribution < -0.4 is 15.1 Å². The van der Waals surface area contributed by atoms with Crippen molar-refractivity contribution in [2.75, 3.05) is 62.3 Å². The molecule has 3 heterocycles. The second kappa shape index (κ2) is 5.49.